The van der Waals surface area contributed by atoms with Gasteiger partial charge in [0.25, 0.3) is 0 Å². The van der Waals surface area contributed by atoms with Gasteiger partial charge in [-0.15, -0.1) is 0 Å². The fourth-order valence-corrected chi connectivity index (χ4v) is 4.02. The Bertz CT molecular complexity index is 963. The Morgan fingerprint density at radius 2 is 1.67 bits per heavy atom. The van der Waals surface area contributed by atoms with Crippen LogP contribution in [0.1, 0.15) is 52.0 Å². The number of carbonyl (C=O) groups excluding carboxylic acids is 2. The van der Waals surface area contributed by atoms with Crippen LogP contribution in [0.3, 0.4) is 0 Å². The monoisotopic (exact) mass is 498 g/mol. The van der Waals surface area contributed by atoms with E-state index in [0.29, 0.717) is 43.6 Å². The Labute approximate surface area is 213 Å². The Morgan fingerprint density at radius 1 is 1.00 bits per heavy atom. The predicted molar refractivity (Wildman–Crippen MR) is 136 cm³/mol. The van der Waals surface area contributed by atoms with E-state index >= 15 is 0 Å². The third kappa shape index (κ3) is 7.80. The van der Waals surface area contributed by atoms with Crippen LogP contribution < -0.4 is 0 Å². The van der Waals surface area contributed by atoms with Gasteiger partial charge >= 0.3 is 11.9 Å². The molecule has 1 heterocycles. The van der Waals surface area contributed by atoms with E-state index in [1.807, 2.05) is 69.3 Å². The largest absolute Gasteiger partial charge is 0.494 e. The summed E-state index contributed by atoms with van der Waals surface area (Å²) in [6, 6.07) is 9.46. The highest BCUT2D eigenvalue weighted by molar-refractivity contribution is 6.17. The Kier molecular flexibility index (Phi) is 10.3. The molecule has 1 aromatic carbocycles. The molecule has 2 aliphatic rings. The number of allylic oxidation sites excluding steroid dienone is 1. The third-order valence-electron chi connectivity index (χ3n) is 6.71. The van der Waals surface area contributed by atoms with Crippen LogP contribution in [-0.4, -0.2) is 53.7 Å². The van der Waals surface area contributed by atoms with E-state index in [2.05, 4.69) is 0 Å². The number of rotatable bonds is 13. The Balaban J connectivity index is 1.35. The van der Waals surface area contributed by atoms with Crippen LogP contribution in [-0.2, 0) is 23.8 Å². The lowest BCUT2D eigenvalue weighted by molar-refractivity contribution is -0.149. The zero-order chi connectivity index (χ0) is 26.1. The molecular formula is C29H38O7. The van der Waals surface area contributed by atoms with Crippen LogP contribution in [0.4, 0.5) is 0 Å². The summed E-state index contributed by atoms with van der Waals surface area (Å²) < 4.78 is 16.7. The topological polar surface area (TPSA) is 102 Å². The maximum Gasteiger partial charge on any atom is 0.339 e. The molecule has 0 saturated heterocycles. The van der Waals surface area contributed by atoms with Gasteiger partial charge in [0.15, 0.2) is 0 Å². The number of carbonyl (C=O) groups is 2. The highest BCUT2D eigenvalue weighted by atomic mass is 16.5. The van der Waals surface area contributed by atoms with Gasteiger partial charge in [0.05, 0.1) is 36.9 Å². The van der Waals surface area contributed by atoms with E-state index in [1.165, 1.54) is 0 Å². The summed E-state index contributed by atoms with van der Waals surface area (Å²) in [5, 5.41) is 20.4. The number of hydrogen-bond acceptors (Lipinski definition) is 7. The lowest BCUT2D eigenvalue weighted by Gasteiger charge is -2.29. The molecule has 0 spiro atoms. The molecule has 0 bridgehead atoms. The number of ether oxygens (including phenoxy) is 3. The molecule has 3 rings (SSSR count). The SMILES string of the molecule is CC(C)C(C)C(=O)OCCCC(O)C(O)CCCOC1=CC2OC(=O)C(c3ccccc3)=CC2C=C1. The van der Waals surface area contributed by atoms with Gasteiger partial charge in [-0.05, 0) is 49.3 Å². The second-order valence-corrected chi connectivity index (χ2v) is 9.79. The molecule has 1 aromatic rings. The lowest BCUT2D eigenvalue weighted by atomic mass is 9.90. The van der Waals surface area contributed by atoms with Crippen LogP contribution in [0.5, 0.6) is 0 Å². The smallest absolute Gasteiger partial charge is 0.339 e. The van der Waals surface area contributed by atoms with Gasteiger partial charge in [-0.1, -0.05) is 63.3 Å². The van der Waals surface area contributed by atoms with Gasteiger partial charge in [-0.2, -0.15) is 0 Å². The van der Waals surface area contributed by atoms with Crippen molar-refractivity contribution in [2.24, 2.45) is 17.8 Å². The van der Waals surface area contributed by atoms with Crippen molar-refractivity contribution in [2.45, 2.75) is 64.8 Å². The van der Waals surface area contributed by atoms with Gasteiger partial charge in [-0.25, -0.2) is 4.79 Å². The second kappa shape index (κ2) is 13.4. The first-order valence-electron chi connectivity index (χ1n) is 12.8. The first kappa shape index (κ1) is 27.7. The lowest BCUT2D eigenvalue weighted by Crippen LogP contribution is -2.30. The summed E-state index contributed by atoms with van der Waals surface area (Å²) in [6.07, 6.45) is 7.17. The molecule has 0 amide bonds. The molecule has 0 aromatic heterocycles. The number of esters is 2. The van der Waals surface area contributed by atoms with Crippen LogP contribution in [0, 0.1) is 17.8 Å². The van der Waals surface area contributed by atoms with Gasteiger partial charge in [0.1, 0.15) is 11.9 Å². The highest BCUT2D eigenvalue weighted by Gasteiger charge is 2.31. The van der Waals surface area contributed by atoms with Crippen LogP contribution >= 0.6 is 0 Å². The van der Waals surface area contributed by atoms with E-state index in [0.717, 1.165) is 5.56 Å². The van der Waals surface area contributed by atoms with Crippen LogP contribution in [0.15, 0.2) is 60.4 Å². The average molecular weight is 499 g/mol. The van der Waals surface area contributed by atoms with E-state index in [-0.39, 0.29) is 36.3 Å². The normalized spacial score (nSPS) is 21.6. The summed E-state index contributed by atoms with van der Waals surface area (Å²) in [7, 11) is 0. The summed E-state index contributed by atoms with van der Waals surface area (Å²) >= 11 is 0. The molecular weight excluding hydrogens is 460 g/mol. The molecule has 7 nitrogen and oxygen atoms in total. The van der Waals surface area contributed by atoms with Gasteiger partial charge in [0.2, 0.25) is 0 Å². The van der Waals surface area contributed by atoms with Crippen molar-refractivity contribution in [3.8, 4) is 0 Å². The minimum Gasteiger partial charge on any atom is -0.494 e. The molecule has 5 atom stereocenters. The molecule has 0 radical (unpaired) electrons. The number of aliphatic hydroxyl groups excluding tert-OH is 2. The minimum absolute atomic E-state index is 0.0462. The van der Waals surface area contributed by atoms with E-state index in [1.54, 1.807) is 6.08 Å². The molecule has 5 unspecified atom stereocenters. The summed E-state index contributed by atoms with van der Waals surface area (Å²) in [5.74, 6) is 0.0485. The standard InChI is InChI=1S/C29H38O7/c1-19(2)20(3)28(32)35-16-8-12-26(31)25(30)11-7-15-34-23-14-13-22-17-24(21-9-5-4-6-10-21)29(33)36-27(22)18-23/h4-6,9-10,13-14,17-20,22,25-27,30-31H,7-8,11-12,15-16H2,1-3H3. The summed E-state index contributed by atoms with van der Waals surface area (Å²) in [6.45, 7) is 6.37. The van der Waals surface area contributed by atoms with Crippen molar-refractivity contribution in [1.29, 1.82) is 0 Å². The maximum atomic E-state index is 12.5. The first-order chi connectivity index (χ1) is 17.3. The fraction of sp³-hybridized carbons (Fsp3) is 0.517. The molecule has 36 heavy (non-hydrogen) atoms. The quantitative estimate of drug-likeness (QED) is 0.310. The summed E-state index contributed by atoms with van der Waals surface area (Å²) in [5.41, 5.74) is 1.40. The van der Waals surface area contributed by atoms with Crippen molar-refractivity contribution in [3.05, 3.63) is 66.0 Å². The van der Waals surface area contributed by atoms with Gasteiger partial charge < -0.3 is 24.4 Å². The predicted octanol–water partition coefficient (Wildman–Crippen LogP) is 4.20. The number of hydrogen-bond donors (Lipinski definition) is 2. The van der Waals surface area contributed by atoms with E-state index in [4.69, 9.17) is 14.2 Å². The minimum atomic E-state index is -0.881. The number of aliphatic hydroxyl groups is 2. The molecule has 2 N–H and O–H groups in total. The highest BCUT2D eigenvalue weighted by Crippen LogP contribution is 2.31. The number of fused-ring (bicyclic) bond motifs is 1. The van der Waals surface area contributed by atoms with Crippen molar-refractivity contribution < 1.29 is 34.0 Å². The maximum absolute atomic E-state index is 12.5. The van der Waals surface area contributed by atoms with Crippen molar-refractivity contribution >= 4 is 17.5 Å². The van der Waals surface area contributed by atoms with Crippen LogP contribution in [0.2, 0.25) is 0 Å². The molecule has 1 aliphatic heterocycles. The third-order valence-corrected chi connectivity index (χ3v) is 6.71. The second-order valence-electron chi connectivity index (χ2n) is 9.79. The molecule has 0 saturated carbocycles. The number of benzene rings is 1. The molecule has 7 heteroatoms. The van der Waals surface area contributed by atoms with E-state index < -0.39 is 18.3 Å². The summed E-state index contributed by atoms with van der Waals surface area (Å²) in [4.78, 5) is 24.3. The first-order valence-corrected chi connectivity index (χ1v) is 12.8. The fourth-order valence-electron chi connectivity index (χ4n) is 4.02. The van der Waals surface area contributed by atoms with Crippen LogP contribution in [0.25, 0.3) is 5.57 Å². The average Bonchev–Trinajstić information content (AvgIpc) is 2.88. The Hall–Kier alpha value is -2.90. The van der Waals surface area contributed by atoms with Gasteiger partial charge in [-0.3, -0.25) is 4.79 Å². The van der Waals surface area contributed by atoms with Crippen molar-refractivity contribution in [3.63, 3.8) is 0 Å². The van der Waals surface area contributed by atoms with Crippen molar-refractivity contribution in [2.75, 3.05) is 13.2 Å². The zero-order valence-corrected chi connectivity index (χ0v) is 21.3. The Morgan fingerprint density at radius 3 is 2.33 bits per heavy atom. The molecule has 1 aliphatic carbocycles. The van der Waals surface area contributed by atoms with Crippen molar-refractivity contribution in [1.82, 2.24) is 0 Å². The molecule has 196 valence electrons. The zero-order valence-electron chi connectivity index (χ0n) is 21.3. The molecule has 0 fully saturated rings. The van der Waals surface area contributed by atoms with Gasteiger partial charge in [0, 0.05) is 5.92 Å². The van der Waals surface area contributed by atoms with E-state index in [9.17, 15) is 19.8 Å².